The molecule has 12 heteroatoms. The standard InChI is InChI=1S/C24H21ClF2N6O2S/c25-14-6-5-13(36-14)19-17(27)21(33-24-7-1-3-11(4-2-8-24)16(24)23(34)35)32-20(31-19)12-9-28-22-18(12)30-15(26)10-29-22/h5-6,9-11,16H,1-4,7-8H2,(H,28,29)(H,34,35)(H,31,32,33)/t11?,16-,24?/m1/s1. The monoisotopic (exact) mass is 530 g/mol. The third-order valence-corrected chi connectivity index (χ3v) is 8.58. The second-order valence-electron chi connectivity index (χ2n) is 9.40. The van der Waals surface area contributed by atoms with E-state index in [1.807, 2.05) is 0 Å². The molecule has 4 aromatic rings. The molecule has 0 amide bonds. The number of nitrogens with zero attached hydrogens (tertiary/aromatic N) is 4. The van der Waals surface area contributed by atoms with Crippen LogP contribution in [-0.2, 0) is 4.79 Å². The van der Waals surface area contributed by atoms with Crippen LogP contribution in [0.3, 0.4) is 0 Å². The Morgan fingerprint density at radius 3 is 2.67 bits per heavy atom. The molecule has 3 N–H and O–H groups in total. The molecule has 0 aliphatic heterocycles. The average molecular weight is 531 g/mol. The smallest absolute Gasteiger partial charge is 0.309 e. The van der Waals surface area contributed by atoms with E-state index in [-0.39, 0.29) is 28.8 Å². The number of aromatic nitrogens is 5. The van der Waals surface area contributed by atoms with E-state index in [0.717, 1.165) is 43.2 Å². The van der Waals surface area contributed by atoms with Gasteiger partial charge in [-0.05, 0) is 43.7 Å². The zero-order valence-corrected chi connectivity index (χ0v) is 20.5. The maximum absolute atomic E-state index is 16.0. The highest BCUT2D eigenvalue weighted by Crippen LogP contribution is 2.49. The predicted molar refractivity (Wildman–Crippen MR) is 132 cm³/mol. The average Bonchev–Trinajstić information content (AvgIpc) is 3.45. The quantitative estimate of drug-likeness (QED) is 0.293. The van der Waals surface area contributed by atoms with E-state index >= 15 is 4.39 Å². The largest absolute Gasteiger partial charge is 0.481 e. The molecule has 2 aliphatic rings. The molecule has 0 unspecified atom stereocenters. The number of aromatic amines is 1. The van der Waals surface area contributed by atoms with Crippen molar-refractivity contribution in [2.45, 2.75) is 44.1 Å². The number of anilines is 1. The lowest BCUT2D eigenvalue weighted by atomic mass is 9.59. The van der Waals surface area contributed by atoms with Crippen LogP contribution in [0.5, 0.6) is 0 Å². The van der Waals surface area contributed by atoms with E-state index in [4.69, 9.17) is 11.6 Å². The van der Waals surface area contributed by atoms with E-state index in [9.17, 15) is 14.3 Å². The summed E-state index contributed by atoms with van der Waals surface area (Å²) in [5.41, 5.74) is 0.0859. The minimum absolute atomic E-state index is 0.0181. The Hall–Kier alpha value is -3.18. The number of hydrogen-bond donors (Lipinski definition) is 3. The van der Waals surface area contributed by atoms with Crippen molar-refractivity contribution in [3.05, 3.63) is 40.6 Å². The molecule has 2 aliphatic carbocycles. The van der Waals surface area contributed by atoms with Crippen molar-refractivity contribution in [2.75, 3.05) is 5.32 Å². The molecule has 1 atom stereocenters. The number of hydrogen-bond acceptors (Lipinski definition) is 7. The van der Waals surface area contributed by atoms with Crippen molar-refractivity contribution in [3.8, 4) is 22.0 Å². The second kappa shape index (κ2) is 8.74. The van der Waals surface area contributed by atoms with Crippen molar-refractivity contribution < 1.29 is 18.7 Å². The third-order valence-electron chi connectivity index (χ3n) is 7.35. The van der Waals surface area contributed by atoms with Crippen molar-refractivity contribution in [2.24, 2.45) is 11.8 Å². The maximum Gasteiger partial charge on any atom is 0.309 e. The molecule has 6 rings (SSSR count). The van der Waals surface area contributed by atoms with Crippen molar-refractivity contribution in [3.63, 3.8) is 0 Å². The molecule has 0 spiro atoms. The normalized spacial score (nSPS) is 23.6. The van der Waals surface area contributed by atoms with Crippen LogP contribution >= 0.6 is 22.9 Å². The lowest BCUT2D eigenvalue weighted by Crippen LogP contribution is -2.57. The topological polar surface area (TPSA) is 117 Å². The Labute approximate surface area is 213 Å². The Bertz CT molecular complexity index is 1480. The Balaban J connectivity index is 1.53. The fourth-order valence-corrected chi connectivity index (χ4v) is 6.92. The first-order valence-electron chi connectivity index (χ1n) is 11.7. The molecule has 36 heavy (non-hydrogen) atoms. The van der Waals surface area contributed by atoms with Gasteiger partial charge in [-0.25, -0.2) is 24.3 Å². The second-order valence-corrected chi connectivity index (χ2v) is 11.1. The van der Waals surface area contributed by atoms with Gasteiger partial charge in [-0.15, -0.1) is 11.3 Å². The molecule has 0 aromatic carbocycles. The minimum Gasteiger partial charge on any atom is -0.481 e. The summed E-state index contributed by atoms with van der Waals surface area (Å²) in [5.74, 6) is -2.94. The Morgan fingerprint density at radius 2 is 1.97 bits per heavy atom. The van der Waals surface area contributed by atoms with Gasteiger partial charge in [-0.1, -0.05) is 24.4 Å². The van der Waals surface area contributed by atoms with Crippen LogP contribution in [0.1, 0.15) is 38.5 Å². The molecular formula is C24H21ClF2N6O2S. The van der Waals surface area contributed by atoms with Crippen LogP contribution in [0.25, 0.3) is 33.1 Å². The van der Waals surface area contributed by atoms with E-state index in [2.05, 4.69) is 30.2 Å². The number of H-pyrrole nitrogens is 1. The van der Waals surface area contributed by atoms with Crippen LogP contribution in [0.2, 0.25) is 4.34 Å². The van der Waals surface area contributed by atoms with E-state index in [0.29, 0.717) is 33.3 Å². The molecule has 186 valence electrons. The summed E-state index contributed by atoms with van der Waals surface area (Å²) in [5, 5.41) is 13.4. The number of thiophene rings is 1. The van der Waals surface area contributed by atoms with Crippen LogP contribution in [0.15, 0.2) is 24.5 Å². The number of fused-ring (bicyclic) bond motifs is 3. The molecule has 2 saturated carbocycles. The number of halogens is 3. The van der Waals surface area contributed by atoms with Gasteiger partial charge in [0.15, 0.2) is 23.1 Å². The summed E-state index contributed by atoms with van der Waals surface area (Å²) in [6.45, 7) is 0. The van der Waals surface area contributed by atoms with Crippen LogP contribution in [-0.4, -0.2) is 41.5 Å². The van der Waals surface area contributed by atoms with Gasteiger partial charge >= 0.3 is 5.97 Å². The number of carboxylic acids is 1. The zero-order valence-electron chi connectivity index (χ0n) is 18.9. The van der Waals surface area contributed by atoms with Gasteiger partial charge in [0.05, 0.1) is 32.4 Å². The molecule has 4 aromatic heterocycles. The molecule has 2 fully saturated rings. The number of carboxylic acid groups (broad SMARTS) is 1. The zero-order chi connectivity index (χ0) is 25.0. The highest BCUT2D eigenvalue weighted by atomic mass is 35.5. The van der Waals surface area contributed by atoms with E-state index < -0.39 is 29.2 Å². The summed E-state index contributed by atoms with van der Waals surface area (Å²) >= 11 is 7.28. The summed E-state index contributed by atoms with van der Waals surface area (Å²) in [7, 11) is 0. The molecular weight excluding hydrogens is 510 g/mol. The van der Waals surface area contributed by atoms with Gasteiger partial charge in [-0.3, -0.25) is 4.79 Å². The van der Waals surface area contributed by atoms with Crippen molar-refractivity contribution >= 4 is 45.9 Å². The van der Waals surface area contributed by atoms with Crippen LogP contribution in [0.4, 0.5) is 14.6 Å². The van der Waals surface area contributed by atoms with E-state index in [1.54, 1.807) is 18.3 Å². The lowest BCUT2D eigenvalue weighted by molar-refractivity contribution is -0.149. The SMILES string of the molecule is O=C(O)[C@H]1C2CCCC1(Nc1nc(-c3c[nH]c4ncc(F)nc34)nc(-c3ccc(Cl)s3)c1F)CCC2. The number of rotatable bonds is 5. The molecule has 0 radical (unpaired) electrons. The van der Waals surface area contributed by atoms with Gasteiger partial charge in [-0.2, -0.15) is 4.39 Å². The predicted octanol–water partition coefficient (Wildman–Crippen LogP) is 5.91. The fourth-order valence-electron chi connectivity index (χ4n) is 5.90. The van der Waals surface area contributed by atoms with Crippen LogP contribution < -0.4 is 5.32 Å². The van der Waals surface area contributed by atoms with Crippen LogP contribution in [0, 0.1) is 23.6 Å². The number of carbonyl (C=O) groups is 1. The first-order valence-corrected chi connectivity index (χ1v) is 12.9. The number of nitrogens with one attached hydrogen (secondary N) is 2. The summed E-state index contributed by atoms with van der Waals surface area (Å²) in [4.78, 5) is 32.6. The van der Waals surface area contributed by atoms with Crippen molar-refractivity contribution in [1.82, 2.24) is 24.9 Å². The fraction of sp³-hybridized carbons (Fsp3) is 0.375. The summed E-state index contributed by atoms with van der Waals surface area (Å²) < 4.78 is 30.4. The minimum atomic E-state index is -0.880. The molecule has 8 nitrogen and oxygen atoms in total. The first kappa shape index (κ1) is 23.2. The van der Waals surface area contributed by atoms with Gasteiger partial charge < -0.3 is 15.4 Å². The Kier molecular flexibility index (Phi) is 5.64. The first-order chi connectivity index (χ1) is 17.3. The summed E-state index contributed by atoms with van der Waals surface area (Å²) in [6.07, 6.45) is 7.13. The Morgan fingerprint density at radius 1 is 1.19 bits per heavy atom. The van der Waals surface area contributed by atoms with Crippen molar-refractivity contribution in [1.29, 1.82) is 0 Å². The highest BCUT2D eigenvalue weighted by molar-refractivity contribution is 7.19. The maximum atomic E-state index is 16.0. The van der Waals surface area contributed by atoms with Gasteiger partial charge in [0, 0.05) is 6.20 Å². The molecule has 2 bridgehead atoms. The van der Waals surface area contributed by atoms with Gasteiger partial charge in [0.25, 0.3) is 0 Å². The van der Waals surface area contributed by atoms with E-state index in [1.165, 1.54) is 0 Å². The molecule has 4 heterocycles. The summed E-state index contributed by atoms with van der Waals surface area (Å²) in [6, 6.07) is 3.31. The van der Waals surface area contributed by atoms with Gasteiger partial charge in [0.2, 0.25) is 5.95 Å². The lowest BCUT2D eigenvalue weighted by Gasteiger charge is -2.50. The highest BCUT2D eigenvalue weighted by Gasteiger charge is 2.52. The molecule has 0 saturated heterocycles. The third kappa shape index (κ3) is 3.81. The van der Waals surface area contributed by atoms with Gasteiger partial charge in [0.1, 0.15) is 11.2 Å². The number of aliphatic carboxylic acids is 1.